The molecule has 0 saturated heterocycles. The number of pyridine rings is 1. The summed E-state index contributed by atoms with van der Waals surface area (Å²) in [5.74, 6) is -0.787. The highest BCUT2D eigenvalue weighted by Crippen LogP contribution is 2.09. The minimum Gasteiger partial charge on any atom is -0.357 e. The monoisotopic (exact) mass is 287 g/mol. The quantitative estimate of drug-likeness (QED) is 0.778. The molecule has 2 amide bonds. The third kappa shape index (κ3) is 3.95. The lowest BCUT2D eigenvalue weighted by Crippen LogP contribution is -2.31. The zero-order chi connectivity index (χ0) is 12.0. The average molecular weight is 288 g/mol. The maximum Gasteiger partial charge on any atom is 0.276 e. The Morgan fingerprint density at radius 3 is 2.88 bits per heavy atom. The van der Waals surface area contributed by atoms with Crippen LogP contribution in [0.5, 0.6) is 0 Å². The van der Waals surface area contributed by atoms with Crippen molar-refractivity contribution in [3.63, 3.8) is 0 Å². The van der Waals surface area contributed by atoms with Gasteiger partial charge < -0.3 is 5.32 Å². The van der Waals surface area contributed by atoms with E-state index in [0.29, 0.717) is 10.0 Å². The highest BCUT2D eigenvalue weighted by atomic mass is 79.9. The van der Waals surface area contributed by atoms with Crippen molar-refractivity contribution in [3.05, 3.63) is 28.5 Å². The van der Waals surface area contributed by atoms with Gasteiger partial charge in [0.05, 0.1) is 5.56 Å². The minimum absolute atomic E-state index is 0.232. The van der Waals surface area contributed by atoms with Gasteiger partial charge in [-0.2, -0.15) is 0 Å². The van der Waals surface area contributed by atoms with E-state index in [1.54, 1.807) is 12.3 Å². The molecule has 0 fully saturated rings. The lowest BCUT2D eigenvalue weighted by Gasteiger charge is -2.04. The van der Waals surface area contributed by atoms with Gasteiger partial charge in [0.1, 0.15) is 0 Å². The van der Waals surface area contributed by atoms with E-state index in [4.69, 9.17) is 0 Å². The van der Waals surface area contributed by atoms with Gasteiger partial charge in [0.2, 0.25) is 5.91 Å². The van der Waals surface area contributed by atoms with Crippen LogP contribution in [0.15, 0.2) is 22.9 Å². The van der Waals surface area contributed by atoms with E-state index in [2.05, 4.69) is 36.5 Å². The molecule has 1 rings (SSSR count). The van der Waals surface area contributed by atoms with Crippen molar-refractivity contribution >= 4 is 27.7 Å². The fourth-order valence-corrected chi connectivity index (χ4v) is 1.20. The smallest absolute Gasteiger partial charge is 0.276 e. The van der Waals surface area contributed by atoms with Gasteiger partial charge in [-0.15, -0.1) is 0 Å². The summed E-state index contributed by atoms with van der Waals surface area (Å²) in [5, 5.41) is 2.35. The molecule has 0 radical (unpaired) electrons. The first-order chi connectivity index (χ1) is 7.63. The summed E-state index contributed by atoms with van der Waals surface area (Å²) in [6, 6.07) is 1.59. The van der Waals surface area contributed by atoms with E-state index in [1.165, 1.54) is 13.2 Å². The summed E-state index contributed by atoms with van der Waals surface area (Å²) in [4.78, 5) is 30.7. The predicted molar refractivity (Wildman–Crippen MR) is 59.4 cm³/mol. The Kier molecular flexibility index (Phi) is 4.87. The molecule has 1 aromatic rings. The van der Waals surface area contributed by atoms with E-state index in [9.17, 15) is 9.59 Å². The number of nitrogens with one attached hydrogen (secondary N) is 2. The molecule has 16 heavy (non-hydrogen) atoms. The van der Waals surface area contributed by atoms with Crippen molar-refractivity contribution in [3.8, 4) is 0 Å². The summed E-state index contributed by atoms with van der Waals surface area (Å²) in [6.45, 7) is -0.232. The number of rotatable bonds is 4. The maximum absolute atomic E-state index is 11.4. The van der Waals surface area contributed by atoms with Crippen molar-refractivity contribution in [1.82, 2.24) is 15.8 Å². The first kappa shape index (κ1) is 12.6. The Labute approximate surface area is 100 Å². The van der Waals surface area contributed by atoms with Crippen molar-refractivity contribution < 1.29 is 14.4 Å². The van der Waals surface area contributed by atoms with Crippen LogP contribution in [0.3, 0.4) is 0 Å². The van der Waals surface area contributed by atoms with Gasteiger partial charge in [0.25, 0.3) is 5.91 Å². The second-order valence-corrected chi connectivity index (χ2v) is 3.70. The molecule has 7 heteroatoms. The number of carbonyl (C=O) groups is 2. The third-order valence-corrected chi connectivity index (χ3v) is 2.05. The van der Waals surface area contributed by atoms with E-state index in [1.807, 2.05) is 0 Å². The van der Waals surface area contributed by atoms with Gasteiger partial charge in [-0.1, -0.05) is 0 Å². The first-order valence-corrected chi connectivity index (χ1v) is 5.16. The molecular formula is C9H10BrN3O3. The van der Waals surface area contributed by atoms with Crippen LogP contribution in [0.2, 0.25) is 0 Å². The van der Waals surface area contributed by atoms with Crippen LogP contribution in [0, 0.1) is 0 Å². The fourth-order valence-electron chi connectivity index (χ4n) is 0.834. The SMILES string of the molecule is CNC(=O)CONC(=O)c1cncc(Br)c1. The van der Waals surface area contributed by atoms with Crippen LogP contribution in [0.4, 0.5) is 0 Å². The van der Waals surface area contributed by atoms with Crippen molar-refractivity contribution in [1.29, 1.82) is 0 Å². The molecule has 0 atom stereocenters. The van der Waals surface area contributed by atoms with E-state index < -0.39 is 5.91 Å². The number of hydrogen-bond donors (Lipinski definition) is 2. The van der Waals surface area contributed by atoms with Crippen molar-refractivity contribution in [2.45, 2.75) is 0 Å². The molecule has 86 valence electrons. The third-order valence-electron chi connectivity index (χ3n) is 1.61. The van der Waals surface area contributed by atoms with Gasteiger partial charge in [0.15, 0.2) is 6.61 Å². The van der Waals surface area contributed by atoms with Crippen molar-refractivity contribution in [2.24, 2.45) is 0 Å². The lowest BCUT2D eigenvalue weighted by molar-refractivity contribution is -0.126. The number of aromatic nitrogens is 1. The Hall–Kier alpha value is -1.47. The molecule has 1 heterocycles. The summed E-state index contributed by atoms with van der Waals surface area (Å²) in [6.07, 6.45) is 2.95. The number of hydrogen-bond acceptors (Lipinski definition) is 4. The zero-order valence-electron chi connectivity index (χ0n) is 8.49. The van der Waals surface area contributed by atoms with E-state index in [0.717, 1.165) is 0 Å². The van der Waals surface area contributed by atoms with Crippen molar-refractivity contribution in [2.75, 3.05) is 13.7 Å². The Morgan fingerprint density at radius 2 is 2.25 bits per heavy atom. The van der Waals surface area contributed by atoms with E-state index >= 15 is 0 Å². The van der Waals surface area contributed by atoms with E-state index in [-0.39, 0.29) is 12.5 Å². The number of hydroxylamine groups is 1. The summed E-state index contributed by atoms with van der Waals surface area (Å²) < 4.78 is 0.687. The van der Waals surface area contributed by atoms with Crippen LogP contribution >= 0.6 is 15.9 Å². The molecule has 2 N–H and O–H groups in total. The van der Waals surface area contributed by atoms with Gasteiger partial charge >= 0.3 is 0 Å². The average Bonchev–Trinajstić information content (AvgIpc) is 2.28. The maximum atomic E-state index is 11.4. The Morgan fingerprint density at radius 1 is 1.50 bits per heavy atom. The predicted octanol–water partition coefficient (Wildman–Crippen LogP) is 0.252. The summed E-state index contributed by atoms with van der Waals surface area (Å²) >= 11 is 3.19. The number of amides is 2. The molecular weight excluding hydrogens is 278 g/mol. The number of carbonyl (C=O) groups excluding carboxylic acids is 2. The van der Waals surface area contributed by atoms with Crippen LogP contribution in [0.25, 0.3) is 0 Å². The second kappa shape index (κ2) is 6.19. The molecule has 0 saturated carbocycles. The van der Waals surface area contributed by atoms with Gasteiger partial charge in [-0.25, -0.2) is 5.48 Å². The van der Waals surface area contributed by atoms with Crippen LogP contribution in [-0.4, -0.2) is 30.5 Å². The lowest BCUT2D eigenvalue weighted by atomic mass is 10.3. The molecule has 0 aliphatic heterocycles. The van der Waals surface area contributed by atoms with Crippen LogP contribution in [-0.2, 0) is 9.63 Å². The highest BCUT2D eigenvalue weighted by Gasteiger charge is 2.07. The molecule has 0 unspecified atom stereocenters. The second-order valence-electron chi connectivity index (χ2n) is 2.78. The number of likely N-dealkylation sites (N-methyl/N-ethyl adjacent to an activating group) is 1. The zero-order valence-corrected chi connectivity index (χ0v) is 10.1. The number of nitrogens with zero attached hydrogens (tertiary/aromatic N) is 1. The number of halogens is 1. The molecule has 0 spiro atoms. The Balaban J connectivity index is 2.44. The largest absolute Gasteiger partial charge is 0.357 e. The molecule has 1 aromatic heterocycles. The fraction of sp³-hybridized carbons (Fsp3) is 0.222. The van der Waals surface area contributed by atoms with Gasteiger partial charge in [-0.3, -0.25) is 19.4 Å². The Bertz CT molecular complexity index is 397. The molecule has 0 bridgehead atoms. The highest BCUT2D eigenvalue weighted by molar-refractivity contribution is 9.10. The van der Waals surface area contributed by atoms with Gasteiger partial charge in [0, 0.05) is 23.9 Å². The minimum atomic E-state index is -0.460. The topological polar surface area (TPSA) is 80.3 Å². The molecule has 0 aliphatic rings. The normalized spacial score (nSPS) is 9.62. The molecule has 0 aliphatic carbocycles. The standard InChI is InChI=1S/C9H10BrN3O3/c1-11-8(14)5-16-13-9(15)6-2-7(10)4-12-3-6/h2-4H,5H2,1H3,(H,11,14)(H,13,15). The summed E-state index contributed by atoms with van der Waals surface area (Å²) in [7, 11) is 1.48. The first-order valence-electron chi connectivity index (χ1n) is 4.36. The van der Waals surface area contributed by atoms with Gasteiger partial charge in [-0.05, 0) is 22.0 Å². The van der Waals surface area contributed by atoms with Crippen LogP contribution in [0.1, 0.15) is 10.4 Å². The summed E-state index contributed by atoms with van der Waals surface area (Å²) in [5.41, 5.74) is 2.47. The van der Waals surface area contributed by atoms with Crippen LogP contribution < -0.4 is 10.8 Å². The molecule has 0 aromatic carbocycles. The molecule has 6 nitrogen and oxygen atoms in total.